The van der Waals surface area contributed by atoms with Gasteiger partial charge in [-0.2, -0.15) is 0 Å². The molecule has 1 aliphatic heterocycles. The Bertz CT molecular complexity index is 590. The van der Waals surface area contributed by atoms with Crippen LogP contribution < -0.4 is 10.6 Å². The second-order valence-corrected chi connectivity index (χ2v) is 9.02. The third-order valence-corrected chi connectivity index (χ3v) is 6.74. The molecule has 0 N–H and O–H groups in total. The van der Waals surface area contributed by atoms with Crippen LogP contribution in [0.5, 0.6) is 0 Å². The number of hydrogen-bond donors (Lipinski definition) is 0. The summed E-state index contributed by atoms with van der Waals surface area (Å²) in [6.07, 6.45) is 2.12. The van der Waals surface area contributed by atoms with Gasteiger partial charge in [-0.05, 0) is 16.0 Å². The normalized spacial score (nSPS) is 24.3. The van der Waals surface area contributed by atoms with Crippen molar-refractivity contribution in [2.45, 2.75) is 32.9 Å². The third-order valence-electron chi connectivity index (χ3n) is 4.19. The van der Waals surface area contributed by atoms with E-state index in [2.05, 4.69) is 98.8 Å². The molecule has 22 heavy (non-hydrogen) atoms. The maximum Gasteiger partial charge on any atom is 0.0486 e. The van der Waals surface area contributed by atoms with Crippen LogP contribution in [0.3, 0.4) is 0 Å². The lowest BCUT2D eigenvalue weighted by atomic mass is 9.90. The highest BCUT2D eigenvalue weighted by Gasteiger charge is 2.55. The monoisotopic (exact) mass is 309 g/mol. The van der Waals surface area contributed by atoms with Crippen LogP contribution in [-0.4, -0.2) is 16.8 Å². The lowest BCUT2D eigenvalue weighted by Gasteiger charge is -2.24. The van der Waals surface area contributed by atoms with Gasteiger partial charge in [0.05, 0.1) is 0 Å². The van der Waals surface area contributed by atoms with Gasteiger partial charge in [0, 0.05) is 20.2 Å². The highest BCUT2D eigenvalue weighted by molar-refractivity contribution is 7.71. The zero-order chi connectivity index (χ0) is 15.7. The topological polar surface area (TPSA) is 3.01 Å². The lowest BCUT2D eigenvalue weighted by Crippen LogP contribution is -2.22. The van der Waals surface area contributed by atoms with Crippen molar-refractivity contribution in [2.24, 2.45) is 5.41 Å². The van der Waals surface area contributed by atoms with E-state index in [0.717, 1.165) is 0 Å². The van der Waals surface area contributed by atoms with E-state index in [1.54, 1.807) is 0 Å². The number of nitrogens with zero attached hydrogens (tertiary/aromatic N) is 1. The molecule has 1 unspecified atom stereocenters. The number of hydrogen-bond acceptors (Lipinski definition) is 1. The number of benzene rings is 2. The Morgan fingerprint density at radius 1 is 0.909 bits per heavy atom. The molecule has 0 spiro atoms. The Balaban J connectivity index is 2.02. The molecule has 114 valence electrons. The Hall–Kier alpha value is -1.43. The minimum Gasteiger partial charge on any atom is -0.261 e. The first kappa shape index (κ1) is 15.5. The lowest BCUT2D eigenvalue weighted by molar-refractivity contribution is 0.376. The number of rotatable bonds is 4. The summed E-state index contributed by atoms with van der Waals surface area (Å²) < 4.78 is 2.66. The molecule has 1 saturated heterocycles. The summed E-state index contributed by atoms with van der Waals surface area (Å²) in [6.45, 7) is 11.1. The Kier molecular flexibility index (Phi) is 4.21. The molecule has 0 amide bonds. The fourth-order valence-electron chi connectivity index (χ4n) is 3.20. The third kappa shape index (κ3) is 2.89. The fraction of sp³-hybridized carbons (Fsp3) is 0.300. The van der Waals surface area contributed by atoms with Crippen LogP contribution in [-0.2, 0) is 0 Å². The Labute approximate surface area is 135 Å². The van der Waals surface area contributed by atoms with Gasteiger partial charge in [0.15, 0.2) is 0 Å². The van der Waals surface area contributed by atoms with Gasteiger partial charge in [-0.15, -0.1) is 6.58 Å². The zero-order valence-corrected chi connectivity index (χ0v) is 14.5. The second kappa shape index (κ2) is 5.99. The first-order chi connectivity index (χ1) is 10.5. The van der Waals surface area contributed by atoms with Crippen molar-refractivity contribution < 1.29 is 0 Å². The summed E-state index contributed by atoms with van der Waals surface area (Å²) in [7, 11) is -0.485. The first-order valence-electron chi connectivity index (χ1n) is 7.85. The molecule has 1 aliphatic rings. The van der Waals surface area contributed by atoms with E-state index in [-0.39, 0.29) is 5.41 Å². The maximum atomic E-state index is 4.08. The van der Waals surface area contributed by atoms with E-state index in [9.17, 15) is 0 Å². The molecule has 0 bridgehead atoms. The van der Waals surface area contributed by atoms with Gasteiger partial charge in [-0.1, -0.05) is 87.5 Å². The molecule has 0 aromatic heterocycles. The minimum atomic E-state index is -0.485. The van der Waals surface area contributed by atoms with Crippen LogP contribution in [0.25, 0.3) is 0 Å². The molecule has 0 aliphatic carbocycles. The van der Waals surface area contributed by atoms with Crippen molar-refractivity contribution in [3.05, 3.63) is 73.3 Å². The first-order valence-corrected chi connectivity index (χ1v) is 9.14. The van der Waals surface area contributed by atoms with E-state index < -0.39 is 8.07 Å². The van der Waals surface area contributed by atoms with E-state index in [1.165, 1.54) is 10.6 Å². The fourth-order valence-corrected chi connectivity index (χ4v) is 6.10. The van der Waals surface area contributed by atoms with Gasteiger partial charge in [0.2, 0.25) is 0 Å². The van der Waals surface area contributed by atoms with Gasteiger partial charge in [-0.3, -0.25) is 4.67 Å². The summed E-state index contributed by atoms with van der Waals surface area (Å²) >= 11 is 0. The maximum absolute atomic E-state index is 4.08. The van der Waals surface area contributed by atoms with E-state index >= 15 is 0 Å². The molecule has 0 saturated carbocycles. The van der Waals surface area contributed by atoms with Crippen molar-refractivity contribution in [3.8, 4) is 0 Å². The van der Waals surface area contributed by atoms with Crippen LogP contribution in [0.1, 0.15) is 20.8 Å². The quantitative estimate of drug-likeness (QED) is 0.462. The molecule has 2 aromatic rings. The molecule has 1 fully saturated rings. The summed E-state index contributed by atoms with van der Waals surface area (Å²) in [5.41, 5.74) is 0.267. The molecular formula is C20H24NP. The smallest absolute Gasteiger partial charge is 0.0486 e. The molecule has 3 rings (SSSR count). The van der Waals surface area contributed by atoms with Crippen LogP contribution in [0.2, 0.25) is 0 Å². The highest BCUT2D eigenvalue weighted by atomic mass is 31.1. The van der Waals surface area contributed by atoms with Crippen molar-refractivity contribution in [1.29, 1.82) is 0 Å². The van der Waals surface area contributed by atoms with Crippen LogP contribution in [0.4, 0.5) is 0 Å². The van der Waals surface area contributed by atoms with Gasteiger partial charge in [0.25, 0.3) is 0 Å². The van der Waals surface area contributed by atoms with Gasteiger partial charge in [0.1, 0.15) is 0 Å². The summed E-state index contributed by atoms with van der Waals surface area (Å²) in [5, 5.41) is 2.84. The van der Waals surface area contributed by atoms with Crippen molar-refractivity contribution in [3.63, 3.8) is 0 Å². The zero-order valence-electron chi connectivity index (χ0n) is 13.6. The average Bonchev–Trinajstić information content (AvgIpc) is 3.24. The van der Waals surface area contributed by atoms with Crippen molar-refractivity contribution >= 4 is 18.7 Å². The van der Waals surface area contributed by atoms with E-state index in [0.29, 0.717) is 12.1 Å². The van der Waals surface area contributed by atoms with Crippen LogP contribution in [0.15, 0.2) is 73.3 Å². The molecular weight excluding hydrogens is 285 g/mol. The average molecular weight is 309 g/mol. The SMILES string of the molecule is C=C[C@@H]1[C@@H](C(C)(C)C)N1P(c1ccccc1)c1ccccc1. The van der Waals surface area contributed by atoms with Gasteiger partial charge < -0.3 is 0 Å². The van der Waals surface area contributed by atoms with Crippen molar-refractivity contribution in [1.82, 2.24) is 4.67 Å². The molecule has 2 heteroatoms. The predicted molar refractivity (Wildman–Crippen MR) is 98.1 cm³/mol. The minimum absolute atomic E-state index is 0.267. The highest BCUT2D eigenvalue weighted by Crippen LogP contribution is 2.57. The second-order valence-electron chi connectivity index (χ2n) is 6.90. The summed E-state index contributed by atoms with van der Waals surface area (Å²) in [6, 6.07) is 22.9. The molecule has 2 aromatic carbocycles. The largest absolute Gasteiger partial charge is 0.261 e. The Morgan fingerprint density at radius 3 is 1.68 bits per heavy atom. The Morgan fingerprint density at radius 2 is 1.36 bits per heavy atom. The van der Waals surface area contributed by atoms with E-state index in [4.69, 9.17) is 0 Å². The molecule has 3 atom stereocenters. The van der Waals surface area contributed by atoms with Gasteiger partial charge in [-0.25, -0.2) is 0 Å². The summed E-state index contributed by atoms with van der Waals surface area (Å²) in [4.78, 5) is 0. The van der Waals surface area contributed by atoms with E-state index in [1.807, 2.05) is 0 Å². The van der Waals surface area contributed by atoms with Gasteiger partial charge >= 0.3 is 0 Å². The standard InChI is InChI=1S/C20H24NP/c1-5-18-19(20(2,3)4)21(18)22(16-12-8-6-9-13-16)17-14-10-7-11-15-17/h5-15,18-19H,1H2,2-4H3/t18-,19+,21?/m1/s1. The van der Waals surface area contributed by atoms with Crippen molar-refractivity contribution in [2.75, 3.05) is 0 Å². The van der Waals surface area contributed by atoms with Crippen LogP contribution >= 0.6 is 8.07 Å². The summed E-state index contributed by atoms with van der Waals surface area (Å²) in [5.74, 6) is 0. The molecule has 1 heterocycles. The predicted octanol–water partition coefficient (Wildman–Crippen LogP) is 4.32. The molecule has 1 nitrogen and oxygen atoms in total. The molecule has 0 radical (unpaired) electrons. The van der Waals surface area contributed by atoms with Crippen LogP contribution in [0, 0.1) is 5.41 Å².